The van der Waals surface area contributed by atoms with Gasteiger partial charge in [0, 0.05) is 31.8 Å². The van der Waals surface area contributed by atoms with E-state index in [0.717, 1.165) is 12.8 Å². The number of ether oxygens (including phenoxy) is 1. The third kappa shape index (κ3) is 4.45. The highest BCUT2D eigenvalue weighted by molar-refractivity contribution is 5.74. The molecule has 5 heteroatoms. The first-order valence-corrected chi connectivity index (χ1v) is 7.95. The van der Waals surface area contributed by atoms with Crippen LogP contribution in [0.5, 0.6) is 5.88 Å². The van der Waals surface area contributed by atoms with E-state index < -0.39 is 0 Å². The van der Waals surface area contributed by atoms with Gasteiger partial charge in [-0.05, 0) is 18.1 Å². The summed E-state index contributed by atoms with van der Waals surface area (Å²) in [7, 11) is 0. The molecule has 0 aliphatic carbocycles. The average molecular weight is 311 g/mol. The van der Waals surface area contributed by atoms with E-state index >= 15 is 0 Å². The third-order valence-corrected chi connectivity index (χ3v) is 3.89. The number of amides is 2. The molecule has 1 atom stereocenters. The van der Waals surface area contributed by atoms with Crippen molar-refractivity contribution in [2.24, 2.45) is 0 Å². The fourth-order valence-corrected chi connectivity index (χ4v) is 2.67. The molecular weight excluding hydrogens is 290 g/mol. The minimum Gasteiger partial charge on any atom is -0.472 e. The SMILES string of the molecule is O=C(NCCc1ccccc1)N1CCC(Oc2ccccn2)C1. The van der Waals surface area contributed by atoms with Gasteiger partial charge in [-0.15, -0.1) is 0 Å². The van der Waals surface area contributed by atoms with Gasteiger partial charge in [-0.1, -0.05) is 36.4 Å². The van der Waals surface area contributed by atoms with Crippen molar-refractivity contribution in [2.45, 2.75) is 18.9 Å². The van der Waals surface area contributed by atoms with Crippen molar-refractivity contribution in [1.29, 1.82) is 0 Å². The third-order valence-electron chi connectivity index (χ3n) is 3.89. The molecule has 2 heterocycles. The second-order valence-corrected chi connectivity index (χ2v) is 5.61. The minimum absolute atomic E-state index is 0.0183. The van der Waals surface area contributed by atoms with Gasteiger partial charge < -0.3 is 15.0 Å². The molecule has 23 heavy (non-hydrogen) atoms. The number of nitrogens with one attached hydrogen (secondary N) is 1. The molecule has 1 aliphatic rings. The van der Waals surface area contributed by atoms with E-state index in [2.05, 4.69) is 22.4 Å². The molecule has 1 aromatic heterocycles. The van der Waals surface area contributed by atoms with Crippen LogP contribution in [0.15, 0.2) is 54.7 Å². The number of pyridine rings is 1. The normalized spacial score (nSPS) is 17.0. The number of hydrogen-bond donors (Lipinski definition) is 1. The van der Waals surface area contributed by atoms with E-state index in [-0.39, 0.29) is 12.1 Å². The fraction of sp³-hybridized carbons (Fsp3) is 0.333. The molecule has 1 unspecified atom stereocenters. The number of aromatic nitrogens is 1. The minimum atomic E-state index is -0.0203. The van der Waals surface area contributed by atoms with Crippen LogP contribution in [0.25, 0.3) is 0 Å². The lowest BCUT2D eigenvalue weighted by Crippen LogP contribution is -2.40. The predicted molar refractivity (Wildman–Crippen MR) is 88.4 cm³/mol. The second kappa shape index (κ2) is 7.63. The first kappa shape index (κ1) is 15.3. The Labute approximate surface area is 136 Å². The highest BCUT2D eigenvalue weighted by Gasteiger charge is 2.27. The maximum Gasteiger partial charge on any atom is 0.317 e. The Kier molecular flexibility index (Phi) is 5.09. The summed E-state index contributed by atoms with van der Waals surface area (Å²) in [6, 6.07) is 15.7. The van der Waals surface area contributed by atoms with Crippen molar-refractivity contribution in [3.05, 3.63) is 60.3 Å². The summed E-state index contributed by atoms with van der Waals surface area (Å²) in [6.45, 7) is 1.97. The van der Waals surface area contributed by atoms with E-state index in [1.807, 2.05) is 36.4 Å². The summed E-state index contributed by atoms with van der Waals surface area (Å²) >= 11 is 0. The molecule has 120 valence electrons. The van der Waals surface area contributed by atoms with E-state index in [0.29, 0.717) is 25.5 Å². The Hall–Kier alpha value is -2.56. The summed E-state index contributed by atoms with van der Waals surface area (Å²) in [4.78, 5) is 18.1. The van der Waals surface area contributed by atoms with Crippen LogP contribution in [0.3, 0.4) is 0 Å². The molecule has 1 aromatic carbocycles. The molecule has 0 saturated carbocycles. The van der Waals surface area contributed by atoms with Crippen LogP contribution in [0.4, 0.5) is 4.79 Å². The van der Waals surface area contributed by atoms with Crippen LogP contribution >= 0.6 is 0 Å². The number of rotatable bonds is 5. The topological polar surface area (TPSA) is 54.5 Å². The monoisotopic (exact) mass is 311 g/mol. The highest BCUT2D eigenvalue weighted by atomic mass is 16.5. The van der Waals surface area contributed by atoms with Crippen LogP contribution in [0.2, 0.25) is 0 Å². The smallest absolute Gasteiger partial charge is 0.317 e. The second-order valence-electron chi connectivity index (χ2n) is 5.61. The quantitative estimate of drug-likeness (QED) is 0.923. The van der Waals surface area contributed by atoms with Gasteiger partial charge in [-0.2, -0.15) is 0 Å². The lowest BCUT2D eigenvalue weighted by atomic mass is 10.1. The number of urea groups is 1. The number of likely N-dealkylation sites (tertiary alicyclic amines) is 1. The molecule has 1 N–H and O–H groups in total. The van der Waals surface area contributed by atoms with Gasteiger partial charge in [0.2, 0.25) is 5.88 Å². The van der Waals surface area contributed by atoms with E-state index in [1.54, 1.807) is 11.1 Å². The lowest BCUT2D eigenvalue weighted by Gasteiger charge is -2.17. The molecular formula is C18H21N3O2. The Morgan fingerprint density at radius 1 is 1.22 bits per heavy atom. The summed E-state index contributed by atoms with van der Waals surface area (Å²) in [5.41, 5.74) is 1.23. The number of carbonyl (C=O) groups is 1. The molecule has 0 bridgehead atoms. The summed E-state index contributed by atoms with van der Waals surface area (Å²) in [5, 5.41) is 2.97. The molecule has 1 saturated heterocycles. The summed E-state index contributed by atoms with van der Waals surface area (Å²) < 4.78 is 5.80. The number of hydrogen-bond acceptors (Lipinski definition) is 3. The first-order valence-electron chi connectivity index (χ1n) is 7.95. The van der Waals surface area contributed by atoms with Crippen molar-refractivity contribution >= 4 is 6.03 Å². The van der Waals surface area contributed by atoms with Crippen molar-refractivity contribution < 1.29 is 9.53 Å². The molecule has 2 aromatic rings. The summed E-state index contributed by atoms with van der Waals surface area (Å²) in [5.74, 6) is 0.615. The van der Waals surface area contributed by atoms with Crippen LogP contribution in [0.1, 0.15) is 12.0 Å². The molecule has 0 spiro atoms. The van der Waals surface area contributed by atoms with Gasteiger partial charge in [-0.3, -0.25) is 0 Å². The highest BCUT2D eigenvalue weighted by Crippen LogP contribution is 2.16. The van der Waals surface area contributed by atoms with Crippen LogP contribution in [-0.4, -0.2) is 41.7 Å². The van der Waals surface area contributed by atoms with Gasteiger partial charge in [-0.25, -0.2) is 9.78 Å². The largest absolute Gasteiger partial charge is 0.472 e. The maximum atomic E-state index is 12.2. The van der Waals surface area contributed by atoms with Gasteiger partial charge in [0.1, 0.15) is 6.10 Å². The van der Waals surface area contributed by atoms with Crippen molar-refractivity contribution in [3.8, 4) is 5.88 Å². The Balaban J connectivity index is 1.41. The first-order chi connectivity index (χ1) is 11.3. The molecule has 2 amide bonds. The Morgan fingerprint density at radius 3 is 2.83 bits per heavy atom. The number of benzene rings is 1. The summed E-state index contributed by atoms with van der Waals surface area (Å²) in [6.07, 6.45) is 3.40. The zero-order chi connectivity index (χ0) is 15.9. The van der Waals surface area contributed by atoms with Crippen LogP contribution < -0.4 is 10.1 Å². The predicted octanol–water partition coefficient (Wildman–Crippen LogP) is 2.49. The fourth-order valence-electron chi connectivity index (χ4n) is 2.67. The van der Waals surface area contributed by atoms with Gasteiger partial charge in [0.05, 0.1) is 6.54 Å². The average Bonchev–Trinajstić information content (AvgIpc) is 3.05. The zero-order valence-corrected chi connectivity index (χ0v) is 13.0. The molecule has 3 rings (SSSR count). The van der Waals surface area contributed by atoms with Crippen molar-refractivity contribution in [2.75, 3.05) is 19.6 Å². The van der Waals surface area contributed by atoms with Crippen molar-refractivity contribution in [3.63, 3.8) is 0 Å². The molecule has 0 radical (unpaired) electrons. The van der Waals surface area contributed by atoms with Crippen LogP contribution in [0, 0.1) is 0 Å². The number of nitrogens with zero attached hydrogens (tertiary/aromatic N) is 2. The van der Waals surface area contributed by atoms with Gasteiger partial charge >= 0.3 is 6.03 Å². The standard InChI is InChI=1S/C18H21N3O2/c22-18(20-12-9-15-6-2-1-3-7-15)21-13-10-16(14-21)23-17-8-4-5-11-19-17/h1-8,11,16H,9-10,12-14H2,(H,20,22). The lowest BCUT2D eigenvalue weighted by molar-refractivity contribution is 0.183. The molecule has 1 fully saturated rings. The van der Waals surface area contributed by atoms with Crippen molar-refractivity contribution in [1.82, 2.24) is 15.2 Å². The van der Waals surface area contributed by atoms with E-state index in [1.165, 1.54) is 5.56 Å². The molecule has 1 aliphatic heterocycles. The van der Waals surface area contributed by atoms with Gasteiger partial charge in [0.25, 0.3) is 0 Å². The van der Waals surface area contributed by atoms with Gasteiger partial charge in [0.15, 0.2) is 0 Å². The number of carbonyl (C=O) groups excluding carboxylic acids is 1. The molecule has 5 nitrogen and oxygen atoms in total. The van der Waals surface area contributed by atoms with Crippen LogP contribution in [-0.2, 0) is 6.42 Å². The van der Waals surface area contributed by atoms with E-state index in [9.17, 15) is 4.79 Å². The zero-order valence-electron chi connectivity index (χ0n) is 13.0. The Morgan fingerprint density at radius 2 is 2.04 bits per heavy atom. The van der Waals surface area contributed by atoms with E-state index in [4.69, 9.17) is 4.74 Å². The Bertz CT molecular complexity index is 619. The maximum absolute atomic E-state index is 12.2.